The molecule has 0 aliphatic carbocycles. The maximum atomic E-state index is 3.65. The van der Waals surface area contributed by atoms with Crippen molar-refractivity contribution in [1.82, 2.24) is 10.2 Å². The third-order valence-electron chi connectivity index (χ3n) is 1.38. The Labute approximate surface area is 63.9 Å². The molecule has 0 fully saturated rings. The zero-order valence-electron chi connectivity index (χ0n) is 7.06. The van der Waals surface area contributed by atoms with Crippen LogP contribution < -0.4 is 5.32 Å². The van der Waals surface area contributed by atoms with Crippen LogP contribution in [-0.2, 0) is 0 Å². The molecule has 0 unspecified atom stereocenters. The van der Waals surface area contributed by atoms with Gasteiger partial charge in [-0.15, -0.1) is 0 Å². The Morgan fingerprint density at radius 1 is 1.60 bits per heavy atom. The quantitative estimate of drug-likeness (QED) is 0.445. The molecule has 0 saturated heterocycles. The molecule has 0 aliphatic rings. The van der Waals surface area contributed by atoms with E-state index in [4.69, 9.17) is 0 Å². The van der Waals surface area contributed by atoms with E-state index < -0.39 is 0 Å². The van der Waals surface area contributed by atoms with Crippen molar-refractivity contribution in [3.05, 3.63) is 12.8 Å². The van der Waals surface area contributed by atoms with Crippen molar-refractivity contribution in [3.8, 4) is 0 Å². The summed E-state index contributed by atoms with van der Waals surface area (Å²) in [5.41, 5.74) is 0. The molecule has 0 aromatic heterocycles. The Morgan fingerprint density at radius 2 is 2.30 bits per heavy atom. The molecule has 2 heteroatoms. The fourth-order valence-electron chi connectivity index (χ4n) is 0.622. The summed E-state index contributed by atoms with van der Waals surface area (Å²) in [6.45, 7) is 7.85. The highest BCUT2D eigenvalue weighted by Crippen LogP contribution is 1.83. The normalized spacial score (nSPS) is 9.40. The summed E-state index contributed by atoms with van der Waals surface area (Å²) in [5, 5.41) is 3.29. The molecule has 60 valence electrons. The van der Waals surface area contributed by atoms with Crippen molar-refractivity contribution < 1.29 is 0 Å². The number of nitrogens with one attached hydrogen (secondary N) is 1. The molecule has 0 rings (SSSR count). The van der Waals surface area contributed by atoms with Crippen LogP contribution in [0.3, 0.4) is 0 Å². The van der Waals surface area contributed by atoms with Crippen LogP contribution in [0.5, 0.6) is 0 Å². The van der Waals surface area contributed by atoms with Crippen molar-refractivity contribution in [1.29, 1.82) is 0 Å². The van der Waals surface area contributed by atoms with E-state index in [9.17, 15) is 0 Å². The van der Waals surface area contributed by atoms with E-state index in [0.717, 1.165) is 13.2 Å². The van der Waals surface area contributed by atoms with Gasteiger partial charge < -0.3 is 4.90 Å². The summed E-state index contributed by atoms with van der Waals surface area (Å²) in [7, 11) is 2.01. The first kappa shape index (κ1) is 9.50. The van der Waals surface area contributed by atoms with Gasteiger partial charge in [0.15, 0.2) is 0 Å². The predicted molar refractivity (Wildman–Crippen MR) is 45.7 cm³/mol. The highest BCUT2D eigenvalue weighted by molar-refractivity contribution is 4.64. The van der Waals surface area contributed by atoms with Crippen LogP contribution in [0.15, 0.2) is 12.8 Å². The second-order valence-electron chi connectivity index (χ2n) is 2.45. The molecule has 0 aromatic carbocycles. The summed E-state index contributed by atoms with van der Waals surface area (Å²) >= 11 is 0. The number of unbranched alkanes of at least 4 members (excludes halogenated alkanes) is 1. The highest BCUT2D eigenvalue weighted by atomic mass is 15.2. The zero-order valence-corrected chi connectivity index (χ0v) is 7.06. The van der Waals surface area contributed by atoms with Crippen LogP contribution in [0.2, 0.25) is 0 Å². The van der Waals surface area contributed by atoms with Gasteiger partial charge in [0.1, 0.15) is 0 Å². The van der Waals surface area contributed by atoms with E-state index in [-0.39, 0.29) is 0 Å². The number of nitrogens with zero attached hydrogens (tertiary/aromatic N) is 1. The third-order valence-corrected chi connectivity index (χ3v) is 1.38. The van der Waals surface area contributed by atoms with Gasteiger partial charge in [-0.1, -0.05) is 19.9 Å². The second-order valence-corrected chi connectivity index (χ2v) is 2.45. The van der Waals surface area contributed by atoms with E-state index in [1.54, 1.807) is 0 Å². The summed E-state index contributed by atoms with van der Waals surface area (Å²) < 4.78 is 0. The van der Waals surface area contributed by atoms with Crippen LogP contribution in [0, 0.1) is 0 Å². The molecule has 0 amide bonds. The largest absolute Gasteiger partial charge is 0.368 e. The molecule has 0 spiro atoms. The lowest BCUT2D eigenvalue weighted by Crippen LogP contribution is -2.27. The molecule has 0 aliphatic heterocycles. The first-order valence-electron chi connectivity index (χ1n) is 3.84. The molecule has 2 nitrogen and oxygen atoms in total. The number of hydrogen-bond acceptors (Lipinski definition) is 2. The lowest BCUT2D eigenvalue weighted by Gasteiger charge is -2.13. The van der Waals surface area contributed by atoms with Crippen molar-refractivity contribution >= 4 is 0 Å². The van der Waals surface area contributed by atoms with Gasteiger partial charge in [-0.25, -0.2) is 0 Å². The van der Waals surface area contributed by atoms with Gasteiger partial charge in [0.2, 0.25) is 0 Å². The monoisotopic (exact) mass is 142 g/mol. The van der Waals surface area contributed by atoms with E-state index in [1.807, 2.05) is 18.1 Å². The minimum absolute atomic E-state index is 0.906. The standard InChI is InChI=1S/C8H18N2/c1-4-6-7-9-8-10(3)5-2/h5,9H,2,4,6-8H2,1,3H3. The van der Waals surface area contributed by atoms with Gasteiger partial charge in [-0.3, -0.25) is 5.32 Å². The Morgan fingerprint density at radius 3 is 2.80 bits per heavy atom. The maximum absolute atomic E-state index is 3.65. The molecule has 10 heavy (non-hydrogen) atoms. The van der Waals surface area contributed by atoms with Gasteiger partial charge in [0.05, 0.1) is 6.67 Å². The van der Waals surface area contributed by atoms with Crippen molar-refractivity contribution in [2.24, 2.45) is 0 Å². The van der Waals surface area contributed by atoms with E-state index >= 15 is 0 Å². The molecule has 1 N–H and O–H groups in total. The number of hydrogen-bond donors (Lipinski definition) is 1. The molecule has 0 radical (unpaired) electrons. The Bertz CT molecular complexity index is 81.3. The smallest absolute Gasteiger partial charge is 0.0672 e. The molecule has 0 aromatic rings. The summed E-state index contributed by atoms with van der Waals surface area (Å²) in [6, 6.07) is 0. The van der Waals surface area contributed by atoms with Crippen LogP contribution in [0.25, 0.3) is 0 Å². The fraction of sp³-hybridized carbons (Fsp3) is 0.750. The minimum atomic E-state index is 0.906. The van der Waals surface area contributed by atoms with E-state index in [0.29, 0.717) is 0 Å². The van der Waals surface area contributed by atoms with Crippen molar-refractivity contribution in [2.75, 3.05) is 20.3 Å². The van der Waals surface area contributed by atoms with Crippen molar-refractivity contribution in [2.45, 2.75) is 19.8 Å². The summed E-state index contributed by atoms with van der Waals surface area (Å²) in [4.78, 5) is 2.02. The first-order chi connectivity index (χ1) is 4.81. The Balaban J connectivity index is 2.95. The zero-order chi connectivity index (χ0) is 7.82. The number of rotatable bonds is 6. The van der Waals surface area contributed by atoms with Gasteiger partial charge >= 0.3 is 0 Å². The maximum Gasteiger partial charge on any atom is 0.0672 e. The fourth-order valence-corrected chi connectivity index (χ4v) is 0.622. The molecular weight excluding hydrogens is 124 g/mol. The SMILES string of the molecule is C=CN(C)CNCCCC. The Hall–Kier alpha value is -0.500. The van der Waals surface area contributed by atoms with Crippen molar-refractivity contribution in [3.63, 3.8) is 0 Å². The van der Waals surface area contributed by atoms with Crippen LogP contribution in [0.4, 0.5) is 0 Å². The molecule has 0 atom stereocenters. The van der Waals surface area contributed by atoms with Crippen LogP contribution in [-0.4, -0.2) is 25.2 Å². The lowest BCUT2D eigenvalue weighted by atomic mass is 10.3. The highest BCUT2D eigenvalue weighted by Gasteiger charge is 1.86. The molecule has 0 bridgehead atoms. The second kappa shape index (κ2) is 6.62. The summed E-state index contributed by atoms with van der Waals surface area (Å²) in [6.07, 6.45) is 4.33. The third kappa shape index (κ3) is 5.63. The van der Waals surface area contributed by atoms with Gasteiger partial charge in [0.25, 0.3) is 0 Å². The molecular formula is C8H18N2. The topological polar surface area (TPSA) is 15.3 Å². The average molecular weight is 142 g/mol. The molecule has 0 saturated carbocycles. The first-order valence-corrected chi connectivity index (χ1v) is 3.84. The van der Waals surface area contributed by atoms with Gasteiger partial charge in [-0.2, -0.15) is 0 Å². The summed E-state index contributed by atoms with van der Waals surface area (Å²) in [5.74, 6) is 0. The minimum Gasteiger partial charge on any atom is -0.368 e. The molecule has 0 heterocycles. The Kier molecular flexibility index (Phi) is 6.29. The van der Waals surface area contributed by atoms with Gasteiger partial charge in [-0.05, 0) is 19.2 Å². The van der Waals surface area contributed by atoms with Crippen LogP contribution >= 0.6 is 0 Å². The lowest BCUT2D eigenvalue weighted by molar-refractivity contribution is 0.406. The van der Waals surface area contributed by atoms with Gasteiger partial charge in [0, 0.05) is 7.05 Å². The van der Waals surface area contributed by atoms with Crippen LogP contribution in [0.1, 0.15) is 19.8 Å². The average Bonchev–Trinajstić information content (AvgIpc) is 1.98. The van der Waals surface area contributed by atoms with E-state index in [1.165, 1.54) is 12.8 Å². The predicted octanol–water partition coefficient (Wildman–Crippen LogP) is 1.41. The van der Waals surface area contributed by atoms with E-state index in [2.05, 4.69) is 18.8 Å².